The summed E-state index contributed by atoms with van der Waals surface area (Å²) >= 11 is 0. The van der Waals surface area contributed by atoms with Crippen LogP contribution in [0.1, 0.15) is 27.3 Å². The molecule has 0 saturated heterocycles. The van der Waals surface area contributed by atoms with Gasteiger partial charge in [-0.1, -0.05) is 60.7 Å². The van der Waals surface area contributed by atoms with Gasteiger partial charge < -0.3 is 4.98 Å². The number of rotatable bonds is 4. The maximum absolute atomic E-state index is 12.6. The van der Waals surface area contributed by atoms with Crippen molar-refractivity contribution in [2.45, 2.75) is 0 Å². The van der Waals surface area contributed by atoms with Gasteiger partial charge in [0.25, 0.3) is 0 Å². The van der Waals surface area contributed by atoms with Crippen LogP contribution in [0.3, 0.4) is 0 Å². The minimum Gasteiger partial charge on any atom is -0.352 e. The normalized spacial score (nSPS) is 14.7. The lowest BCUT2D eigenvalue weighted by atomic mass is 10.0. The lowest BCUT2D eigenvalue weighted by Crippen LogP contribution is -2.02. The van der Waals surface area contributed by atoms with Gasteiger partial charge in [-0.25, -0.2) is 0 Å². The van der Waals surface area contributed by atoms with Crippen molar-refractivity contribution < 1.29 is 4.79 Å². The van der Waals surface area contributed by atoms with E-state index in [4.69, 9.17) is 0 Å². The SMILES string of the molecule is O=[13C](c1ccccc1)c1ccc(/C(=C2/C=CC=N2)c2ccccc2)[nH]1. The minimum atomic E-state index is -0.0188. The van der Waals surface area contributed by atoms with E-state index in [1.807, 2.05) is 84.9 Å². The first-order valence-electron chi connectivity index (χ1n) is 8.12. The van der Waals surface area contributed by atoms with E-state index in [1.54, 1.807) is 6.21 Å². The fourth-order valence-corrected chi connectivity index (χ4v) is 2.91. The number of carbonyl (C=O) groups is 1. The first-order chi connectivity index (χ1) is 12.3. The second-order valence-electron chi connectivity index (χ2n) is 5.74. The Bertz CT molecular complexity index is 979. The Labute approximate surface area is 146 Å². The fourth-order valence-electron chi connectivity index (χ4n) is 2.91. The predicted molar refractivity (Wildman–Crippen MR) is 101 cm³/mol. The van der Waals surface area contributed by atoms with E-state index in [9.17, 15) is 4.79 Å². The van der Waals surface area contributed by atoms with Gasteiger partial charge >= 0.3 is 0 Å². The van der Waals surface area contributed by atoms with E-state index in [0.29, 0.717) is 11.3 Å². The first kappa shape index (κ1) is 15.1. The Balaban J connectivity index is 1.77. The molecule has 0 saturated carbocycles. The van der Waals surface area contributed by atoms with Crippen molar-refractivity contribution in [1.82, 2.24) is 4.98 Å². The molecular formula is C22H16N2O. The number of aromatic nitrogens is 1. The zero-order valence-corrected chi connectivity index (χ0v) is 13.5. The van der Waals surface area contributed by atoms with E-state index in [2.05, 4.69) is 9.98 Å². The van der Waals surface area contributed by atoms with Crippen molar-refractivity contribution in [3.63, 3.8) is 0 Å². The van der Waals surface area contributed by atoms with Gasteiger partial charge in [-0.3, -0.25) is 9.79 Å². The maximum atomic E-state index is 12.6. The van der Waals surface area contributed by atoms with Crippen LogP contribution in [0.2, 0.25) is 0 Å². The molecular weight excluding hydrogens is 309 g/mol. The number of ketones is 1. The number of carbonyl (C=O) groups excluding carboxylic acids is 1. The van der Waals surface area contributed by atoms with Crippen LogP contribution in [0.4, 0.5) is 0 Å². The monoisotopic (exact) mass is 325 g/mol. The Morgan fingerprint density at radius 2 is 1.40 bits per heavy atom. The van der Waals surface area contributed by atoms with Crippen LogP contribution in [0.5, 0.6) is 0 Å². The van der Waals surface area contributed by atoms with Crippen LogP contribution in [0.25, 0.3) is 5.57 Å². The van der Waals surface area contributed by atoms with Crippen LogP contribution in [0.15, 0.2) is 95.6 Å². The zero-order valence-electron chi connectivity index (χ0n) is 13.5. The molecule has 0 spiro atoms. The van der Waals surface area contributed by atoms with Gasteiger partial charge in [0.1, 0.15) is 0 Å². The Morgan fingerprint density at radius 3 is 2.04 bits per heavy atom. The molecule has 2 aromatic carbocycles. The summed E-state index contributed by atoms with van der Waals surface area (Å²) in [6, 6.07) is 23.1. The van der Waals surface area contributed by atoms with E-state index < -0.39 is 0 Å². The Hall–Kier alpha value is -3.46. The number of allylic oxidation sites excluding steroid dienone is 2. The lowest BCUT2D eigenvalue weighted by Gasteiger charge is -2.08. The smallest absolute Gasteiger partial charge is 0.209 e. The maximum Gasteiger partial charge on any atom is 0.209 e. The molecule has 0 aliphatic carbocycles. The topological polar surface area (TPSA) is 45.2 Å². The van der Waals surface area contributed by atoms with Crippen LogP contribution in [0, 0.1) is 0 Å². The van der Waals surface area contributed by atoms with Gasteiger partial charge in [-0.05, 0) is 29.8 Å². The summed E-state index contributed by atoms with van der Waals surface area (Å²) < 4.78 is 0. The summed E-state index contributed by atoms with van der Waals surface area (Å²) in [6.45, 7) is 0. The molecule has 0 unspecified atom stereocenters. The van der Waals surface area contributed by atoms with E-state index >= 15 is 0 Å². The number of nitrogens with one attached hydrogen (secondary N) is 1. The number of aliphatic imine (C=N–C) groups is 1. The molecule has 1 aliphatic heterocycles. The Kier molecular flexibility index (Phi) is 3.97. The van der Waals surface area contributed by atoms with Crippen molar-refractivity contribution in [3.8, 4) is 0 Å². The molecule has 25 heavy (non-hydrogen) atoms. The summed E-state index contributed by atoms with van der Waals surface area (Å²) in [6.07, 6.45) is 5.66. The van der Waals surface area contributed by atoms with Crippen LogP contribution in [-0.2, 0) is 0 Å². The highest BCUT2D eigenvalue weighted by Gasteiger charge is 2.16. The molecule has 0 bridgehead atoms. The average molecular weight is 325 g/mol. The van der Waals surface area contributed by atoms with Crippen LogP contribution >= 0.6 is 0 Å². The Morgan fingerprint density at radius 1 is 0.760 bits per heavy atom. The van der Waals surface area contributed by atoms with Gasteiger partial charge in [0.15, 0.2) is 0 Å². The molecule has 0 radical (unpaired) electrons. The summed E-state index contributed by atoms with van der Waals surface area (Å²) in [4.78, 5) is 20.4. The number of nitrogens with zero attached hydrogens (tertiary/aromatic N) is 1. The largest absolute Gasteiger partial charge is 0.352 e. The minimum absolute atomic E-state index is 0.0188. The molecule has 3 heteroatoms. The molecule has 120 valence electrons. The molecule has 4 rings (SSSR count). The summed E-state index contributed by atoms with van der Waals surface area (Å²) in [5.74, 6) is -0.0188. The zero-order chi connectivity index (χ0) is 17.1. The second kappa shape index (κ2) is 6.57. The van der Waals surface area contributed by atoms with Gasteiger partial charge in [-0.15, -0.1) is 0 Å². The number of hydrogen-bond acceptors (Lipinski definition) is 2. The van der Waals surface area contributed by atoms with E-state index in [-0.39, 0.29) is 5.78 Å². The summed E-state index contributed by atoms with van der Waals surface area (Å²) in [5, 5.41) is 0. The van der Waals surface area contributed by atoms with Gasteiger partial charge in [-0.2, -0.15) is 0 Å². The third kappa shape index (κ3) is 3.00. The quantitative estimate of drug-likeness (QED) is 0.551. The van der Waals surface area contributed by atoms with Crippen molar-refractivity contribution in [1.29, 1.82) is 0 Å². The lowest BCUT2D eigenvalue weighted by molar-refractivity contribution is 0.103. The highest BCUT2D eigenvalue weighted by atomic mass is 16.2. The van der Waals surface area contributed by atoms with Gasteiger partial charge in [0.2, 0.25) is 5.78 Å². The summed E-state index contributed by atoms with van der Waals surface area (Å²) in [7, 11) is 0. The first-order valence-corrected chi connectivity index (χ1v) is 8.12. The molecule has 1 aromatic heterocycles. The summed E-state index contributed by atoms with van der Waals surface area (Å²) in [5.41, 5.74) is 5.04. The molecule has 3 nitrogen and oxygen atoms in total. The van der Waals surface area contributed by atoms with Crippen molar-refractivity contribution in [3.05, 3.63) is 113 Å². The molecule has 2 heterocycles. The number of benzene rings is 2. The van der Waals surface area contributed by atoms with Gasteiger partial charge in [0.05, 0.1) is 11.4 Å². The molecule has 1 aliphatic rings. The molecule has 1 N–H and O–H groups in total. The average Bonchev–Trinajstić information content (AvgIpc) is 3.36. The molecule has 0 fully saturated rings. The molecule has 3 aromatic rings. The highest BCUT2D eigenvalue weighted by Crippen LogP contribution is 2.29. The van der Waals surface area contributed by atoms with Crippen molar-refractivity contribution >= 4 is 17.6 Å². The molecule has 0 amide bonds. The van der Waals surface area contributed by atoms with Crippen LogP contribution < -0.4 is 0 Å². The number of hydrogen-bond donors (Lipinski definition) is 1. The van der Waals surface area contributed by atoms with Crippen molar-refractivity contribution in [2.75, 3.05) is 0 Å². The number of aromatic amines is 1. The van der Waals surface area contributed by atoms with Crippen molar-refractivity contribution in [2.24, 2.45) is 4.99 Å². The standard InChI is InChI=1S/C22H16N2O/c25-22(17-10-5-2-6-11-17)20-14-13-19(24-20)21(18-12-7-15-23-18)16-8-3-1-4-9-16/h1-15,24H/b21-18-/i22+1. The number of H-pyrrole nitrogens is 1. The van der Waals surface area contributed by atoms with E-state index in [1.165, 1.54) is 0 Å². The fraction of sp³-hybridized carbons (Fsp3) is 0. The second-order valence-corrected chi connectivity index (χ2v) is 5.74. The van der Waals surface area contributed by atoms with Crippen LogP contribution in [-0.4, -0.2) is 17.0 Å². The highest BCUT2D eigenvalue weighted by molar-refractivity contribution is 6.08. The predicted octanol–water partition coefficient (Wildman–Crippen LogP) is 4.65. The van der Waals surface area contributed by atoms with E-state index in [0.717, 1.165) is 22.5 Å². The van der Waals surface area contributed by atoms with Gasteiger partial charge in [0, 0.05) is 23.0 Å². The third-order valence-electron chi connectivity index (χ3n) is 4.11. The third-order valence-corrected chi connectivity index (χ3v) is 4.11. The molecule has 0 atom stereocenters.